The zero-order chi connectivity index (χ0) is 14.8. The Labute approximate surface area is 127 Å². The summed E-state index contributed by atoms with van der Waals surface area (Å²) in [6, 6.07) is 6.18. The van der Waals surface area contributed by atoms with Gasteiger partial charge in [-0.2, -0.15) is 0 Å². The summed E-state index contributed by atoms with van der Waals surface area (Å²) in [4.78, 5) is 17.7. The molecule has 6 heteroatoms. The van der Waals surface area contributed by atoms with E-state index in [2.05, 4.69) is 30.9 Å². The molecule has 110 valence electrons. The molecule has 0 radical (unpaired) electrons. The number of nitrogens with one attached hydrogen (secondary N) is 1. The van der Waals surface area contributed by atoms with E-state index < -0.39 is 0 Å². The van der Waals surface area contributed by atoms with Gasteiger partial charge in [-0.15, -0.1) is 0 Å². The van der Waals surface area contributed by atoms with Crippen molar-refractivity contribution in [2.45, 2.75) is 6.54 Å². The van der Waals surface area contributed by atoms with E-state index in [0.717, 1.165) is 41.3 Å². The van der Waals surface area contributed by atoms with Gasteiger partial charge in [-0.05, 0) is 17.7 Å². The highest BCUT2D eigenvalue weighted by Gasteiger charge is 2.19. The first-order valence-electron chi connectivity index (χ1n) is 7.14. The predicted octanol–water partition coefficient (Wildman–Crippen LogP) is 2.27. The number of nitrogens with zero attached hydrogens (tertiary/aromatic N) is 4. The van der Waals surface area contributed by atoms with Crippen LogP contribution in [0, 0.1) is 0 Å². The fraction of sp³-hybridized carbons (Fsp3) is 0.188. The summed E-state index contributed by atoms with van der Waals surface area (Å²) in [6.45, 7) is 2.32. The standard InChI is InChI=1S/C16H15N5O/c1-2-16-15(5-12(1)13-6-17-10-18-7-13)21(3-4-22-16)9-14-8-19-11-20-14/h1-2,5-8,10-11H,3-4,9H2,(H,19,20). The molecular weight excluding hydrogens is 278 g/mol. The average Bonchev–Trinajstić information content (AvgIpc) is 3.09. The molecule has 0 unspecified atom stereocenters. The first-order chi connectivity index (χ1) is 10.9. The van der Waals surface area contributed by atoms with Gasteiger partial charge in [-0.1, -0.05) is 6.07 Å². The fourth-order valence-corrected chi connectivity index (χ4v) is 2.64. The van der Waals surface area contributed by atoms with Crippen LogP contribution in [0.4, 0.5) is 5.69 Å². The Morgan fingerprint density at radius 1 is 1.09 bits per heavy atom. The summed E-state index contributed by atoms with van der Waals surface area (Å²) in [6.07, 6.45) is 8.73. The lowest BCUT2D eigenvalue weighted by atomic mass is 10.1. The summed E-state index contributed by atoms with van der Waals surface area (Å²) in [5, 5.41) is 0. The zero-order valence-electron chi connectivity index (χ0n) is 11.9. The summed E-state index contributed by atoms with van der Waals surface area (Å²) >= 11 is 0. The Hall–Kier alpha value is -2.89. The van der Waals surface area contributed by atoms with Gasteiger partial charge in [-0.25, -0.2) is 15.0 Å². The maximum atomic E-state index is 5.76. The Morgan fingerprint density at radius 3 is 2.82 bits per heavy atom. The van der Waals surface area contributed by atoms with Crippen molar-refractivity contribution in [1.82, 2.24) is 19.9 Å². The molecule has 0 saturated carbocycles. The van der Waals surface area contributed by atoms with Crippen LogP contribution in [0.25, 0.3) is 11.1 Å². The van der Waals surface area contributed by atoms with Crippen LogP contribution in [0.1, 0.15) is 5.69 Å². The van der Waals surface area contributed by atoms with Gasteiger partial charge in [0, 0.05) is 24.2 Å². The third-order valence-corrected chi connectivity index (χ3v) is 3.73. The first-order valence-corrected chi connectivity index (χ1v) is 7.14. The number of imidazole rings is 1. The summed E-state index contributed by atoms with van der Waals surface area (Å²) < 4.78 is 5.76. The second-order valence-electron chi connectivity index (χ2n) is 5.16. The Morgan fingerprint density at radius 2 is 2.00 bits per heavy atom. The molecule has 0 bridgehead atoms. The number of H-pyrrole nitrogens is 1. The van der Waals surface area contributed by atoms with Crippen LogP contribution < -0.4 is 9.64 Å². The molecule has 0 aliphatic carbocycles. The number of fused-ring (bicyclic) bond motifs is 1. The summed E-state index contributed by atoms with van der Waals surface area (Å²) in [5.41, 5.74) is 4.25. The number of benzene rings is 1. The van der Waals surface area contributed by atoms with Gasteiger partial charge in [0.05, 0.1) is 30.8 Å². The van der Waals surface area contributed by atoms with Crippen molar-refractivity contribution < 1.29 is 4.74 Å². The second kappa shape index (κ2) is 5.48. The van der Waals surface area contributed by atoms with Crippen LogP contribution in [0.5, 0.6) is 5.75 Å². The smallest absolute Gasteiger partial charge is 0.142 e. The van der Waals surface area contributed by atoms with Gasteiger partial charge in [0.1, 0.15) is 18.7 Å². The van der Waals surface area contributed by atoms with Gasteiger partial charge >= 0.3 is 0 Å². The van der Waals surface area contributed by atoms with Crippen LogP contribution in [-0.4, -0.2) is 33.1 Å². The van der Waals surface area contributed by atoms with Crippen molar-refractivity contribution in [3.8, 4) is 16.9 Å². The highest BCUT2D eigenvalue weighted by Crippen LogP contribution is 2.35. The number of hydrogen-bond acceptors (Lipinski definition) is 5. The topological polar surface area (TPSA) is 66.9 Å². The molecule has 3 aromatic rings. The van der Waals surface area contributed by atoms with Gasteiger partial charge in [-0.3, -0.25) is 0 Å². The molecule has 6 nitrogen and oxygen atoms in total. The van der Waals surface area contributed by atoms with E-state index in [0.29, 0.717) is 6.61 Å². The zero-order valence-corrected chi connectivity index (χ0v) is 11.9. The van der Waals surface area contributed by atoms with E-state index in [4.69, 9.17) is 4.74 Å². The van der Waals surface area contributed by atoms with Crippen molar-refractivity contribution in [3.05, 3.63) is 55.1 Å². The fourth-order valence-electron chi connectivity index (χ4n) is 2.64. The minimum absolute atomic E-state index is 0.689. The predicted molar refractivity (Wildman–Crippen MR) is 82.6 cm³/mol. The van der Waals surface area contributed by atoms with Crippen molar-refractivity contribution in [1.29, 1.82) is 0 Å². The molecule has 1 aliphatic heterocycles. The van der Waals surface area contributed by atoms with E-state index >= 15 is 0 Å². The number of aromatic amines is 1. The first kappa shape index (κ1) is 12.8. The number of ether oxygens (including phenoxy) is 1. The largest absolute Gasteiger partial charge is 0.490 e. The number of hydrogen-bond donors (Lipinski definition) is 1. The molecule has 0 spiro atoms. The molecule has 0 fully saturated rings. The van der Waals surface area contributed by atoms with Crippen LogP contribution in [-0.2, 0) is 6.54 Å². The van der Waals surface area contributed by atoms with Crippen molar-refractivity contribution >= 4 is 5.69 Å². The van der Waals surface area contributed by atoms with E-state index in [9.17, 15) is 0 Å². The molecule has 1 aromatic carbocycles. The molecule has 1 N–H and O–H groups in total. The Bertz CT molecular complexity index is 757. The highest BCUT2D eigenvalue weighted by molar-refractivity contribution is 5.72. The van der Waals surface area contributed by atoms with Gasteiger partial charge in [0.2, 0.25) is 0 Å². The molecule has 0 saturated heterocycles. The van der Waals surface area contributed by atoms with Crippen LogP contribution in [0.2, 0.25) is 0 Å². The van der Waals surface area contributed by atoms with Crippen molar-refractivity contribution in [2.75, 3.05) is 18.1 Å². The molecule has 0 atom stereocenters. The van der Waals surface area contributed by atoms with Crippen LogP contribution >= 0.6 is 0 Å². The maximum absolute atomic E-state index is 5.76. The third kappa shape index (κ3) is 2.39. The molecule has 22 heavy (non-hydrogen) atoms. The molecule has 3 heterocycles. The van der Waals surface area contributed by atoms with Crippen molar-refractivity contribution in [2.24, 2.45) is 0 Å². The van der Waals surface area contributed by atoms with Crippen LogP contribution in [0.15, 0.2) is 49.4 Å². The Kier molecular flexibility index (Phi) is 3.19. The lowest BCUT2D eigenvalue weighted by molar-refractivity contribution is 0.307. The Balaban J connectivity index is 1.70. The van der Waals surface area contributed by atoms with E-state index in [-0.39, 0.29) is 0 Å². The second-order valence-corrected chi connectivity index (χ2v) is 5.16. The lowest BCUT2D eigenvalue weighted by Gasteiger charge is -2.31. The monoisotopic (exact) mass is 293 g/mol. The lowest BCUT2D eigenvalue weighted by Crippen LogP contribution is -2.32. The van der Waals surface area contributed by atoms with Crippen LogP contribution in [0.3, 0.4) is 0 Å². The minimum Gasteiger partial charge on any atom is -0.490 e. The van der Waals surface area contributed by atoms with E-state index in [1.165, 1.54) is 6.33 Å². The maximum Gasteiger partial charge on any atom is 0.142 e. The van der Waals surface area contributed by atoms with Gasteiger partial charge < -0.3 is 14.6 Å². The SMILES string of the molecule is c1ncc(-c2ccc3c(c2)N(Cc2cnc[nH]2)CCO3)cn1. The summed E-state index contributed by atoms with van der Waals surface area (Å²) in [7, 11) is 0. The molecular formula is C16H15N5O. The number of aromatic nitrogens is 4. The highest BCUT2D eigenvalue weighted by atomic mass is 16.5. The normalized spacial score (nSPS) is 13.5. The quantitative estimate of drug-likeness (QED) is 0.802. The minimum atomic E-state index is 0.689. The van der Waals surface area contributed by atoms with Gasteiger partial charge in [0.25, 0.3) is 0 Å². The molecule has 2 aromatic heterocycles. The third-order valence-electron chi connectivity index (χ3n) is 3.73. The average molecular weight is 293 g/mol. The van der Waals surface area contributed by atoms with Crippen molar-refractivity contribution in [3.63, 3.8) is 0 Å². The summed E-state index contributed by atoms with van der Waals surface area (Å²) in [5.74, 6) is 0.909. The molecule has 1 aliphatic rings. The number of rotatable bonds is 3. The number of anilines is 1. The molecule has 0 amide bonds. The van der Waals surface area contributed by atoms with E-state index in [1.54, 1.807) is 6.33 Å². The van der Waals surface area contributed by atoms with Gasteiger partial charge in [0.15, 0.2) is 0 Å². The molecule has 4 rings (SSSR count). The van der Waals surface area contributed by atoms with E-state index in [1.807, 2.05) is 30.7 Å².